The van der Waals surface area contributed by atoms with E-state index in [9.17, 15) is 18.9 Å². The van der Waals surface area contributed by atoms with Gasteiger partial charge in [-0.3, -0.25) is 10.1 Å². The molecule has 106 valence electrons. The summed E-state index contributed by atoms with van der Waals surface area (Å²) in [6.45, 7) is 2.69. The maximum absolute atomic E-state index is 13.5. The summed E-state index contributed by atoms with van der Waals surface area (Å²) in [6, 6.07) is 1.71. The van der Waals surface area contributed by atoms with Gasteiger partial charge in [-0.05, 0) is 21.0 Å². The predicted molar refractivity (Wildman–Crippen MR) is 67.9 cm³/mol. The summed E-state index contributed by atoms with van der Waals surface area (Å²) in [6.07, 6.45) is 0. The molecule has 0 aromatic heterocycles. The third-order valence-electron chi connectivity index (χ3n) is 2.95. The molecule has 19 heavy (non-hydrogen) atoms. The highest BCUT2D eigenvalue weighted by Gasteiger charge is 2.18. The summed E-state index contributed by atoms with van der Waals surface area (Å²) >= 11 is 0. The van der Waals surface area contributed by atoms with Crippen molar-refractivity contribution in [1.82, 2.24) is 10.2 Å². The first-order valence-electron chi connectivity index (χ1n) is 5.82. The molecule has 0 bridgehead atoms. The van der Waals surface area contributed by atoms with Gasteiger partial charge in [-0.15, -0.1) is 0 Å². The quantitative estimate of drug-likeness (QED) is 0.635. The van der Waals surface area contributed by atoms with Crippen molar-refractivity contribution < 1.29 is 13.7 Å². The molecule has 0 spiro atoms. The van der Waals surface area contributed by atoms with Gasteiger partial charge in [0.15, 0.2) is 0 Å². The van der Waals surface area contributed by atoms with Crippen LogP contribution in [0, 0.1) is 21.7 Å². The smallest absolute Gasteiger partial charge is 0.305 e. The first-order valence-corrected chi connectivity index (χ1v) is 5.82. The van der Waals surface area contributed by atoms with Gasteiger partial charge in [-0.1, -0.05) is 0 Å². The summed E-state index contributed by atoms with van der Waals surface area (Å²) in [4.78, 5) is 11.7. The third kappa shape index (κ3) is 4.22. The fraction of sp³-hybridized carbons (Fsp3) is 0.500. The summed E-state index contributed by atoms with van der Waals surface area (Å²) in [5.41, 5.74) is -0.627. The zero-order valence-electron chi connectivity index (χ0n) is 11.1. The fourth-order valence-electron chi connectivity index (χ4n) is 1.45. The van der Waals surface area contributed by atoms with Gasteiger partial charge in [0.1, 0.15) is 5.82 Å². The molecule has 1 rings (SSSR count). The average molecular weight is 273 g/mol. The molecule has 1 unspecified atom stereocenters. The Morgan fingerprint density at radius 3 is 2.53 bits per heavy atom. The molecule has 0 aliphatic rings. The lowest BCUT2D eigenvalue weighted by Gasteiger charge is -2.20. The van der Waals surface area contributed by atoms with Crippen LogP contribution in [-0.4, -0.2) is 36.5 Å². The van der Waals surface area contributed by atoms with Crippen molar-refractivity contribution in [2.45, 2.75) is 19.5 Å². The molecule has 0 fully saturated rings. The van der Waals surface area contributed by atoms with Crippen molar-refractivity contribution in [3.63, 3.8) is 0 Å². The number of likely N-dealkylation sites (N-methyl/N-ethyl adjacent to an activating group) is 1. The molecule has 0 aliphatic carbocycles. The van der Waals surface area contributed by atoms with E-state index in [1.165, 1.54) is 0 Å². The second-order valence-electron chi connectivity index (χ2n) is 4.60. The normalized spacial score (nSPS) is 12.7. The number of hydrogen-bond acceptors (Lipinski definition) is 4. The molecule has 0 saturated heterocycles. The molecule has 0 heterocycles. The second kappa shape index (κ2) is 6.53. The highest BCUT2D eigenvalue weighted by atomic mass is 19.1. The van der Waals surface area contributed by atoms with Crippen LogP contribution in [0.3, 0.4) is 0 Å². The Hall–Kier alpha value is -1.60. The second-order valence-corrected chi connectivity index (χ2v) is 4.60. The van der Waals surface area contributed by atoms with E-state index < -0.39 is 22.2 Å². The molecule has 0 saturated carbocycles. The Morgan fingerprint density at radius 2 is 2.00 bits per heavy atom. The minimum absolute atomic E-state index is 0.0825. The van der Waals surface area contributed by atoms with E-state index in [0.29, 0.717) is 12.6 Å². The molecule has 7 heteroatoms. The zero-order chi connectivity index (χ0) is 14.6. The Morgan fingerprint density at radius 1 is 1.37 bits per heavy atom. The highest BCUT2D eigenvalue weighted by molar-refractivity contribution is 5.37. The lowest BCUT2D eigenvalue weighted by atomic mass is 10.1. The van der Waals surface area contributed by atoms with E-state index in [0.717, 1.165) is 6.07 Å². The first kappa shape index (κ1) is 15.5. The van der Waals surface area contributed by atoms with Crippen molar-refractivity contribution in [1.29, 1.82) is 0 Å². The van der Waals surface area contributed by atoms with Gasteiger partial charge >= 0.3 is 5.69 Å². The molecule has 0 radical (unpaired) electrons. The maximum atomic E-state index is 13.5. The highest BCUT2D eigenvalue weighted by Crippen LogP contribution is 2.21. The minimum Gasteiger partial charge on any atom is -0.311 e. The Bertz CT molecular complexity index is 467. The van der Waals surface area contributed by atoms with E-state index in [1.807, 2.05) is 25.9 Å². The Balaban J connectivity index is 2.73. The Kier molecular flexibility index (Phi) is 5.31. The number of nitrogens with zero attached hydrogens (tertiary/aromatic N) is 2. The van der Waals surface area contributed by atoms with Gasteiger partial charge in [0.25, 0.3) is 0 Å². The molecule has 1 N–H and O–H groups in total. The molecule has 1 atom stereocenters. The van der Waals surface area contributed by atoms with E-state index in [2.05, 4.69) is 5.32 Å². The topological polar surface area (TPSA) is 58.4 Å². The standard InChI is InChI=1S/C12H17F2N3O2/c1-8(16(2)3)6-15-7-9-4-12(17(18)19)11(14)5-10(9)13/h4-5,8,15H,6-7H2,1-3H3. The van der Waals surface area contributed by atoms with Crippen LogP contribution in [0.25, 0.3) is 0 Å². The lowest BCUT2D eigenvalue weighted by Crippen LogP contribution is -2.35. The lowest BCUT2D eigenvalue weighted by molar-refractivity contribution is -0.387. The van der Waals surface area contributed by atoms with Crippen LogP contribution < -0.4 is 5.32 Å². The molecule has 0 aliphatic heterocycles. The molecular formula is C12H17F2N3O2. The summed E-state index contributed by atoms with van der Waals surface area (Å²) < 4.78 is 26.6. The van der Waals surface area contributed by atoms with Gasteiger partial charge < -0.3 is 10.2 Å². The number of nitrogens with one attached hydrogen (secondary N) is 1. The van der Waals surface area contributed by atoms with Crippen molar-refractivity contribution in [2.24, 2.45) is 0 Å². The number of hydrogen-bond donors (Lipinski definition) is 1. The predicted octanol–water partition coefficient (Wildman–Crippen LogP) is 1.91. The average Bonchev–Trinajstić information content (AvgIpc) is 2.30. The van der Waals surface area contributed by atoms with E-state index in [4.69, 9.17) is 0 Å². The largest absolute Gasteiger partial charge is 0.311 e. The van der Waals surface area contributed by atoms with E-state index in [-0.39, 0.29) is 18.2 Å². The molecule has 1 aromatic carbocycles. The SMILES string of the molecule is CC(CNCc1cc([N+](=O)[O-])c(F)cc1F)N(C)C. The molecule has 1 aromatic rings. The maximum Gasteiger partial charge on any atom is 0.305 e. The van der Waals surface area contributed by atoms with Gasteiger partial charge in [-0.25, -0.2) is 4.39 Å². The summed E-state index contributed by atoms with van der Waals surface area (Å²) in [5.74, 6) is -1.94. The fourth-order valence-corrected chi connectivity index (χ4v) is 1.45. The van der Waals surface area contributed by atoms with Crippen LogP contribution in [0.4, 0.5) is 14.5 Å². The van der Waals surface area contributed by atoms with Crippen LogP contribution in [0.5, 0.6) is 0 Å². The summed E-state index contributed by atoms with van der Waals surface area (Å²) in [5, 5.41) is 13.6. The van der Waals surface area contributed by atoms with Crippen LogP contribution in [0.1, 0.15) is 12.5 Å². The van der Waals surface area contributed by atoms with Crippen molar-refractivity contribution in [3.05, 3.63) is 39.4 Å². The van der Waals surface area contributed by atoms with Gasteiger partial charge in [0.2, 0.25) is 5.82 Å². The van der Waals surface area contributed by atoms with Gasteiger partial charge in [0, 0.05) is 36.8 Å². The summed E-state index contributed by atoms with van der Waals surface area (Å²) in [7, 11) is 3.82. The third-order valence-corrected chi connectivity index (χ3v) is 2.95. The van der Waals surface area contributed by atoms with Crippen LogP contribution in [0.2, 0.25) is 0 Å². The van der Waals surface area contributed by atoms with Crippen molar-refractivity contribution in [3.8, 4) is 0 Å². The monoisotopic (exact) mass is 273 g/mol. The number of nitro benzene ring substituents is 1. The van der Waals surface area contributed by atoms with Crippen LogP contribution in [-0.2, 0) is 6.54 Å². The Labute approximate surface area is 110 Å². The van der Waals surface area contributed by atoms with Crippen molar-refractivity contribution >= 4 is 5.69 Å². The molecule has 5 nitrogen and oxygen atoms in total. The molecule has 0 amide bonds. The van der Waals surface area contributed by atoms with Crippen molar-refractivity contribution in [2.75, 3.05) is 20.6 Å². The minimum atomic E-state index is -1.16. The van der Waals surface area contributed by atoms with E-state index in [1.54, 1.807) is 0 Å². The number of nitro groups is 1. The molecular weight excluding hydrogens is 256 g/mol. The number of halogens is 2. The van der Waals surface area contributed by atoms with Crippen LogP contribution >= 0.6 is 0 Å². The number of rotatable bonds is 6. The van der Waals surface area contributed by atoms with Gasteiger partial charge in [0.05, 0.1) is 4.92 Å². The van der Waals surface area contributed by atoms with E-state index >= 15 is 0 Å². The van der Waals surface area contributed by atoms with Gasteiger partial charge in [-0.2, -0.15) is 4.39 Å². The number of benzene rings is 1. The zero-order valence-corrected chi connectivity index (χ0v) is 11.1. The van der Waals surface area contributed by atoms with Crippen LogP contribution in [0.15, 0.2) is 12.1 Å². The first-order chi connectivity index (χ1) is 8.82.